The standard InChI is InChI=1S/C27H40N4O2/c1-27(2,19-32)23-4-3-11-30(17-23)16-22-7-8-25(15-26(22)21-5-6-21)31-18-24(28-29-31)14-20-9-12-33-13-10-20/h7-8,15,18,20-21,23,32H,3-6,9-14,16-17,19H2,1-2H3/t23-/m0/s1. The maximum atomic E-state index is 9.84. The molecule has 2 saturated heterocycles. The predicted octanol–water partition coefficient (Wildman–Crippen LogP) is 4.34. The summed E-state index contributed by atoms with van der Waals surface area (Å²) in [5.41, 5.74) is 5.18. The molecule has 3 aliphatic rings. The van der Waals surface area contributed by atoms with E-state index in [0.717, 1.165) is 63.5 Å². The molecule has 6 nitrogen and oxygen atoms in total. The average Bonchev–Trinajstić information content (AvgIpc) is 3.58. The Morgan fingerprint density at radius 1 is 1.12 bits per heavy atom. The molecule has 1 N–H and O–H groups in total. The van der Waals surface area contributed by atoms with Crippen LogP contribution in [0.1, 0.15) is 75.1 Å². The van der Waals surface area contributed by atoms with E-state index in [1.807, 2.05) is 4.68 Å². The Bertz CT molecular complexity index is 930. The van der Waals surface area contributed by atoms with Crippen molar-refractivity contribution in [2.45, 2.75) is 71.3 Å². The molecule has 1 atom stereocenters. The Morgan fingerprint density at radius 3 is 2.70 bits per heavy atom. The van der Waals surface area contributed by atoms with Gasteiger partial charge >= 0.3 is 0 Å². The summed E-state index contributed by atoms with van der Waals surface area (Å²) in [4.78, 5) is 2.61. The summed E-state index contributed by atoms with van der Waals surface area (Å²) in [6.07, 6.45) is 10.4. The third-order valence-electron chi connectivity index (χ3n) is 8.20. The van der Waals surface area contributed by atoms with Crippen molar-refractivity contribution in [3.8, 4) is 5.69 Å². The summed E-state index contributed by atoms with van der Waals surface area (Å²) in [6.45, 7) is 9.68. The molecule has 0 radical (unpaired) electrons. The highest BCUT2D eigenvalue weighted by Gasteiger charge is 2.33. The second-order valence-corrected chi connectivity index (χ2v) is 11.3. The fourth-order valence-electron chi connectivity index (χ4n) is 5.61. The van der Waals surface area contributed by atoms with Crippen molar-refractivity contribution >= 4 is 0 Å². The van der Waals surface area contributed by atoms with Crippen LogP contribution in [0.3, 0.4) is 0 Å². The first-order valence-corrected chi connectivity index (χ1v) is 13.0. The summed E-state index contributed by atoms with van der Waals surface area (Å²) in [7, 11) is 0. The van der Waals surface area contributed by atoms with Crippen molar-refractivity contribution < 1.29 is 9.84 Å². The zero-order valence-corrected chi connectivity index (χ0v) is 20.4. The number of rotatable bonds is 8. The van der Waals surface area contributed by atoms with Crippen LogP contribution in [-0.4, -0.2) is 57.9 Å². The van der Waals surface area contributed by atoms with Crippen LogP contribution in [0.15, 0.2) is 24.4 Å². The smallest absolute Gasteiger partial charge is 0.0834 e. The molecule has 6 heteroatoms. The Kier molecular flexibility index (Phi) is 6.86. The van der Waals surface area contributed by atoms with E-state index in [1.54, 1.807) is 0 Å². The number of likely N-dealkylation sites (tertiary alicyclic amines) is 1. The van der Waals surface area contributed by atoms with Crippen LogP contribution >= 0.6 is 0 Å². The zero-order valence-electron chi connectivity index (χ0n) is 20.4. The molecule has 1 saturated carbocycles. The van der Waals surface area contributed by atoms with Gasteiger partial charge in [-0.1, -0.05) is 25.1 Å². The van der Waals surface area contributed by atoms with Crippen LogP contribution in [0.4, 0.5) is 0 Å². The molecule has 2 aromatic rings. The molecule has 1 aromatic heterocycles. The fourth-order valence-corrected chi connectivity index (χ4v) is 5.61. The quantitative estimate of drug-likeness (QED) is 0.645. The van der Waals surface area contributed by atoms with Gasteiger partial charge in [0.05, 0.1) is 17.6 Å². The minimum atomic E-state index is -0.00268. The van der Waals surface area contributed by atoms with Crippen molar-refractivity contribution in [1.82, 2.24) is 19.9 Å². The highest BCUT2D eigenvalue weighted by Crippen LogP contribution is 2.43. The molecule has 33 heavy (non-hydrogen) atoms. The van der Waals surface area contributed by atoms with E-state index in [2.05, 4.69) is 53.5 Å². The van der Waals surface area contributed by atoms with Crippen molar-refractivity contribution in [1.29, 1.82) is 0 Å². The molecule has 180 valence electrons. The van der Waals surface area contributed by atoms with Crippen molar-refractivity contribution in [3.05, 3.63) is 41.2 Å². The van der Waals surface area contributed by atoms with Crippen molar-refractivity contribution in [3.63, 3.8) is 0 Å². The van der Waals surface area contributed by atoms with Gasteiger partial charge in [0, 0.05) is 32.9 Å². The molecule has 1 aromatic carbocycles. The van der Waals surface area contributed by atoms with Crippen molar-refractivity contribution in [2.24, 2.45) is 17.3 Å². The molecule has 1 aliphatic carbocycles. The van der Waals surface area contributed by atoms with E-state index < -0.39 is 0 Å². The first-order valence-electron chi connectivity index (χ1n) is 13.0. The van der Waals surface area contributed by atoms with Crippen LogP contribution in [0, 0.1) is 17.3 Å². The van der Waals surface area contributed by atoms with Gasteiger partial charge in [-0.05, 0) is 97.9 Å². The van der Waals surface area contributed by atoms with Crippen LogP contribution in [0.25, 0.3) is 5.69 Å². The molecule has 5 rings (SSSR count). The van der Waals surface area contributed by atoms with Gasteiger partial charge in [-0.2, -0.15) is 0 Å². The lowest BCUT2D eigenvalue weighted by molar-refractivity contribution is 0.0381. The zero-order chi connectivity index (χ0) is 22.8. The first-order chi connectivity index (χ1) is 16.0. The number of aliphatic hydroxyl groups is 1. The number of aromatic nitrogens is 3. The van der Waals surface area contributed by atoms with E-state index >= 15 is 0 Å². The molecule has 3 fully saturated rings. The fraction of sp³-hybridized carbons (Fsp3) is 0.704. The van der Waals surface area contributed by atoms with E-state index in [0.29, 0.717) is 17.8 Å². The summed E-state index contributed by atoms with van der Waals surface area (Å²) in [6, 6.07) is 6.90. The second-order valence-electron chi connectivity index (χ2n) is 11.3. The first kappa shape index (κ1) is 23.0. The summed E-state index contributed by atoms with van der Waals surface area (Å²) in [5.74, 6) is 1.92. The van der Waals surface area contributed by atoms with Crippen molar-refractivity contribution in [2.75, 3.05) is 32.9 Å². The minimum absolute atomic E-state index is 0.00268. The lowest BCUT2D eigenvalue weighted by Gasteiger charge is -2.41. The SMILES string of the molecule is CC(C)(CO)[C@H]1CCCN(Cc2ccc(-n3cc(CC4CCOCC4)nn3)cc2C2CC2)C1. The number of hydrogen-bond acceptors (Lipinski definition) is 5. The van der Waals surface area contributed by atoms with Gasteiger partial charge in [0.25, 0.3) is 0 Å². The Morgan fingerprint density at radius 2 is 1.94 bits per heavy atom. The van der Waals surface area contributed by atoms with Gasteiger partial charge < -0.3 is 9.84 Å². The van der Waals surface area contributed by atoms with E-state index in [1.165, 1.54) is 36.8 Å². The van der Waals surface area contributed by atoms with Gasteiger partial charge in [-0.15, -0.1) is 5.10 Å². The summed E-state index contributed by atoms with van der Waals surface area (Å²) >= 11 is 0. The maximum Gasteiger partial charge on any atom is 0.0834 e. The molecule has 0 spiro atoms. The minimum Gasteiger partial charge on any atom is -0.396 e. The highest BCUT2D eigenvalue weighted by atomic mass is 16.5. The van der Waals surface area contributed by atoms with Gasteiger partial charge in [0.1, 0.15) is 0 Å². The van der Waals surface area contributed by atoms with Gasteiger partial charge in [-0.3, -0.25) is 4.90 Å². The lowest BCUT2D eigenvalue weighted by atomic mass is 9.75. The molecular formula is C27H40N4O2. The monoisotopic (exact) mass is 452 g/mol. The Hall–Kier alpha value is -1.76. The van der Waals surface area contributed by atoms with E-state index in [9.17, 15) is 5.11 Å². The summed E-state index contributed by atoms with van der Waals surface area (Å²) in [5, 5.41) is 18.8. The number of nitrogens with zero attached hydrogens (tertiary/aromatic N) is 4. The maximum absolute atomic E-state index is 9.84. The molecule has 2 aliphatic heterocycles. The lowest BCUT2D eigenvalue weighted by Crippen LogP contribution is -2.42. The number of hydrogen-bond donors (Lipinski definition) is 1. The van der Waals surface area contributed by atoms with E-state index in [-0.39, 0.29) is 12.0 Å². The van der Waals surface area contributed by atoms with Crippen LogP contribution in [0.2, 0.25) is 0 Å². The topological polar surface area (TPSA) is 63.4 Å². The third kappa shape index (κ3) is 5.50. The Balaban J connectivity index is 1.29. The van der Waals surface area contributed by atoms with Gasteiger partial charge in [-0.25, -0.2) is 4.68 Å². The van der Waals surface area contributed by atoms with Crippen LogP contribution < -0.4 is 0 Å². The molecule has 0 unspecified atom stereocenters. The second kappa shape index (κ2) is 9.85. The third-order valence-corrected chi connectivity index (χ3v) is 8.20. The van der Waals surface area contributed by atoms with Crippen LogP contribution in [0.5, 0.6) is 0 Å². The number of aliphatic hydroxyl groups excluding tert-OH is 1. The molecular weight excluding hydrogens is 412 g/mol. The van der Waals surface area contributed by atoms with Crippen LogP contribution in [-0.2, 0) is 17.7 Å². The predicted molar refractivity (Wildman–Crippen MR) is 129 cm³/mol. The number of ether oxygens (including phenoxy) is 1. The number of piperidine rings is 1. The van der Waals surface area contributed by atoms with Gasteiger partial charge in [0.15, 0.2) is 0 Å². The summed E-state index contributed by atoms with van der Waals surface area (Å²) < 4.78 is 7.45. The molecule has 3 heterocycles. The van der Waals surface area contributed by atoms with Gasteiger partial charge in [0.2, 0.25) is 0 Å². The Labute approximate surface area is 198 Å². The highest BCUT2D eigenvalue weighted by molar-refractivity contribution is 5.43. The molecule has 0 amide bonds. The largest absolute Gasteiger partial charge is 0.396 e. The molecule has 0 bridgehead atoms. The van der Waals surface area contributed by atoms with E-state index in [4.69, 9.17) is 4.74 Å². The number of benzene rings is 1. The normalized spacial score (nSPS) is 23.2. The average molecular weight is 453 g/mol.